The van der Waals surface area contributed by atoms with E-state index in [0.717, 1.165) is 10.4 Å². The first kappa shape index (κ1) is 13.2. The molecule has 1 aromatic carbocycles. The predicted octanol–water partition coefficient (Wildman–Crippen LogP) is 3.77. The van der Waals surface area contributed by atoms with E-state index in [1.54, 1.807) is 23.5 Å². The summed E-state index contributed by atoms with van der Waals surface area (Å²) in [7, 11) is 0. The van der Waals surface area contributed by atoms with Crippen molar-refractivity contribution in [1.29, 1.82) is 0 Å². The molecule has 1 nitrogen and oxygen atoms in total. The molecule has 0 saturated carbocycles. The molecule has 2 aromatic rings. The molecule has 0 radical (unpaired) electrons. The highest BCUT2D eigenvalue weighted by Gasteiger charge is 2.30. The Hall–Kier alpha value is -1.19. The Morgan fingerprint density at radius 3 is 2.44 bits per heavy atom. The van der Waals surface area contributed by atoms with Gasteiger partial charge in [0, 0.05) is 16.7 Å². The third-order valence-electron chi connectivity index (χ3n) is 3.40. The van der Waals surface area contributed by atoms with E-state index < -0.39 is 11.5 Å². The quantitative estimate of drug-likeness (QED) is 0.891. The number of hydrogen-bond acceptors (Lipinski definition) is 2. The molecule has 0 bridgehead atoms. The smallest absolute Gasteiger partial charge is 0.123 e. The second kappa shape index (κ2) is 5.21. The zero-order valence-corrected chi connectivity index (χ0v) is 11.4. The van der Waals surface area contributed by atoms with Crippen LogP contribution in [0.3, 0.4) is 0 Å². The molecule has 3 heteroatoms. The molecule has 96 valence electrons. The summed E-state index contributed by atoms with van der Waals surface area (Å²) in [5, 5.41) is 12.4. The van der Waals surface area contributed by atoms with Crippen LogP contribution in [0.25, 0.3) is 0 Å². The van der Waals surface area contributed by atoms with Crippen LogP contribution in [0.4, 0.5) is 4.39 Å². The van der Waals surface area contributed by atoms with Gasteiger partial charge in [0.15, 0.2) is 0 Å². The fraction of sp³-hybridized carbons (Fsp3) is 0.333. The van der Waals surface area contributed by atoms with Gasteiger partial charge in [0.1, 0.15) is 5.82 Å². The molecule has 0 spiro atoms. The Kier molecular flexibility index (Phi) is 3.83. The van der Waals surface area contributed by atoms with Gasteiger partial charge in [-0.15, -0.1) is 11.3 Å². The van der Waals surface area contributed by atoms with Gasteiger partial charge >= 0.3 is 0 Å². The van der Waals surface area contributed by atoms with Crippen molar-refractivity contribution in [3.8, 4) is 0 Å². The summed E-state index contributed by atoms with van der Waals surface area (Å²) < 4.78 is 12.9. The monoisotopic (exact) mass is 264 g/mol. The summed E-state index contributed by atoms with van der Waals surface area (Å²) in [6.45, 7) is 3.97. The van der Waals surface area contributed by atoms with Crippen LogP contribution < -0.4 is 0 Å². The molecule has 2 rings (SSSR count). The highest BCUT2D eigenvalue weighted by atomic mass is 32.1. The van der Waals surface area contributed by atoms with Crippen molar-refractivity contribution in [2.75, 3.05) is 0 Å². The lowest BCUT2D eigenvalue weighted by Crippen LogP contribution is -2.35. The normalized spacial score (nSPS) is 13.6. The van der Waals surface area contributed by atoms with Crippen molar-refractivity contribution < 1.29 is 9.50 Å². The number of halogens is 1. The third-order valence-corrected chi connectivity index (χ3v) is 4.29. The predicted molar refractivity (Wildman–Crippen MR) is 73.5 cm³/mol. The van der Waals surface area contributed by atoms with Crippen molar-refractivity contribution in [1.82, 2.24) is 0 Å². The van der Waals surface area contributed by atoms with Crippen LogP contribution >= 0.6 is 11.3 Å². The van der Waals surface area contributed by atoms with E-state index in [1.807, 2.05) is 31.4 Å². The molecule has 18 heavy (non-hydrogen) atoms. The Labute approximate surface area is 111 Å². The maximum absolute atomic E-state index is 12.9. The second-order valence-electron chi connectivity index (χ2n) is 5.03. The molecule has 1 heterocycles. The van der Waals surface area contributed by atoms with Crippen LogP contribution in [0, 0.1) is 5.82 Å². The zero-order valence-electron chi connectivity index (χ0n) is 10.6. The van der Waals surface area contributed by atoms with Gasteiger partial charge < -0.3 is 5.11 Å². The van der Waals surface area contributed by atoms with Crippen molar-refractivity contribution in [3.63, 3.8) is 0 Å². The van der Waals surface area contributed by atoms with Crippen LogP contribution in [0.2, 0.25) is 0 Å². The van der Waals surface area contributed by atoms with Crippen molar-refractivity contribution in [2.24, 2.45) is 0 Å². The van der Waals surface area contributed by atoms with E-state index in [4.69, 9.17) is 0 Å². The van der Waals surface area contributed by atoms with Gasteiger partial charge in [-0.1, -0.05) is 32.0 Å². The van der Waals surface area contributed by atoms with Crippen molar-refractivity contribution >= 4 is 11.3 Å². The minimum absolute atomic E-state index is 0.248. The molecule has 0 aliphatic heterocycles. The SMILES string of the molecule is CC(C)(c1ccc(F)cc1)C(O)Cc1cccs1. The molecule has 1 unspecified atom stereocenters. The number of rotatable bonds is 4. The molecule has 1 aromatic heterocycles. The maximum Gasteiger partial charge on any atom is 0.123 e. The third kappa shape index (κ3) is 2.79. The van der Waals surface area contributed by atoms with E-state index in [9.17, 15) is 9.50 Å². The summed E-state index contributed by atoms with van der Waals surface area (Å²) in [6.07, 6.45) is 0.142. The molecule has 1 atom stereocenters. The fourth-order valence-corrected chi connectivity index (χ4v) is 2.69. The summed E-state index contributed by atoms with van der Waals surface area (Å²) in [4.78, 5) is 1.16. The standard InChI is InChI=1S/C15H17FOS/c1-15(2,11-5-7-12(16)8-6-11)14(17)10-13-4-3-9-18-13/h3-9,14,17H,10H2,1-2H3. The summed E-state index contributed by atoms with van der Waals surface area (Å²) in [6, 6.07) is 10.4. The molecule has 1 N–H and O–H groups in total. The molecular weight excluding hydrogens is 247 g/mol. The first-order chi connectivity index (χ1) is 8.50. The number of benzene rings is 1. The Morgan fingerprint density at radius 1 is 1.22 bits per heavy atom. The van der Waals surface area contributed by atoms with Gasteiger partial charge in [0.2, 0.25) is 0 Å². The summed E-state index contributed by atoms with van der Waals surface area (Å²) >= 11 is 1.65. The Balaban J connectivity index is 2.16. The van der Waals surface area contributed by atoms with Gasteiger partial charge in [-0.25, -0.2) is 4.39 Å². The molecule has 0 fully saturated rings. The van der Waals surface area contributed by atoms with Crippen LogP contribution in [0.1, 0.15) is 24.3 Å². The number of aliphatic hydroxyl groups is 1. The van der Waals surface area contributed by atoms with Crippen LogP contribution in [-0.2, 0) is 11.8 Å². The molecule has 0 aliphatic rings. The van der Waals surface area contributed by atoms with E-state index in [-0.39, 0.29) is 5.82 Å². The largest absolute Gasteiger partial charge is 0.392 e. The number of thiophene rings is 1. The maximum atomic E-state index is 12.9. The Morgan fingerprint density at radius 2 is 1.89 bits per heavy atom. The second-order valence-corrected chi connectivity index (χ2v) is 6.06. The molecular formula is C15H17FOS. The van der Waals surface area contributed by atoms with Gasteiger partial charge in [0.05, 0.1) is 6.10 Å². The van der Waals surface area contributed by atoms with Crippen LogP contribution in [0.15, 0.2) is 41.8 Å². The van der Waals surface area contributed by atoms with E-state index >= 15 is 0 Å². The van der Waals surface area contributed by atoms with Gasteiger partial charge in [-0.05, 0) is 29.1 Å². The molecule has 0 saturated heterocycles. The average molecular weight is 264 g/mol. The van der Waals surface area contributed by atoms with Crippen molar-refractivity contribution in [2.45, 2.75) is 31.8 Å². The lowest BCUT2D eigenvalue weighted by Gasteiger charge is -2.31. The Bertz CT molecular complexity index is 488. The number of aliphatic hydroxyl groups excluding tert-OH is 1. The van der Waals surface area contributed by atoms with E-state index in [0.29, 0.717) is 6.42 Å². The minimum Gasteiger partial charge on any atom is -0.392 e. The fourth-order valence-electron chi connectivity index (χ4n) is 1.95. The van der Waals surface area contributed by atoms with E-state index in [2.05, 4.69) is 0 Å². The first-order valence-corrected chi connectivity index (χ1v) is 6.84. The van der Waals surface area contributed by atoms with E-state index in [1.165, 1.54) is 12.1 Å². The first-order valence-electron chi connectivity index (χ1n) is 5.96. The van der Waals surface area contributed by atoms with Gasteiger partial charge in [0.25, 0.3) is 0 Å². The van der Waals surface area contributed by atoms with Crippen LogP contribution in [-0.4, -0.2) is 11.2 Å². The average Bonchev–Trinajstić information content (AvgIpc) is 2.82. The highest BCUT2D eigenvalue weighted by Crippen LogP contribution is 2.30. The zero-order chi connectivity index (χ0) is 13.2. The summed E-state index contributed by atoms with van der Waals surface area (Å²) in [5.41, 5.74) is 0.561. The van der Waals surface area contributed by atoms with Gasteiger partial charge in [-0.3, -0.25) is 0 Å². The highest BCUT2D eigenvalue weighted by molar-refractivity contribution is 7.09. The lowest BCUT2D eigenvalue weighted by molar-refractivity contribution is 0.101. The van der Waals surface area contributed by atoms with Gasteiger partial charge in [-0.2, -0.15) is 0 Å². The summed E-state index contributed by atoms with van der Waals surface area (Å²) in [5.74, 6) is -0.248. The minimum atomic E-state index is -0.485. The number of hydrogen-bond donors (Lipinski definition) is 1. The lowest BCUT2D eigenvalue weighted by atomic mass is 9.78. The van der Waals surface area contributed by atoms with Crippen molar-refractivity contribution in [3.05, 3.63) is 58.0 Å². The molecule has 0 aliphatic carbocycles. The topological polar surface area (TPSA) is 20.2 Å². The molecule has 0 amide bonds. The van der Waals surface area contributed by atoms with Crippen LogP contribution in [0.5, 0.6) is 0 Å².